The van der Waals surface area contributed by atoms with E-state index in [4.69, 9.17) is 4.74 Å². The Kier molecular flexibility index (Phi) is 5.64. The molecule has 1 fully saturated rings. The van der Waals surface area contributed by atoms with Crippen LogP contribution in [0.5, 0.6) is 0 Å². The monoisotopic (exact) mass is 366 g/mol. The molecule has 0 atom stereocenters. The minimum absolute atomic E-state index is 0.147. The molecule has 1 amide bonds. The average molecular weight is 366 g/mol. The van der Waals surface area contributed by atoms with Crippen LogP contribution in [0.1, 0.15) is 43.7 Å². The van der Waals surface area contributed by atoms with Crippen LogP contribution in [-0.2, 0) is 27.6 Å². The number of hydrogen-bond donors (Lipinski definition) is 1. The Hall–Kier alpha value is -1.60. The standard InChI is InChI=1S/C18H26N2O4S/c1-2-24-18(21)20-11-9-16(10-12-20)19-25(22,23)17-8-7-14-5-3-4-6-15(14)13-17/h7-8,13,16,19H,2-6,9-12H2,1H3. The van der Waals surface area contributed by atoms with E-state index in [9.17, 15) is 13.2 Å². The fourth-order valence-corrected chi connectivity index (χ4v) is 4.91. The van der Waals surface area contributed by atoms with E-state index in [1.54, 1.807) is 17.9 Å². The summed E-state index contributed by atoms with van der Waals surface area (Å²) in [4.78, 5) is 13.7. The second kappa shape index (κ2) is 7.74. The number of rotatable bonds is 4. The number of nitrogens with zero attached hydrogens (tertiary/aromatic N) is 1. The number of benzene rings is 1. The lowest BCUT2D eigenvalue weighted by atomic mass is 9.92. The third-order valence-corrected chi connectivity index (χ3v) is 6.49. The number of likely N-dealkylation sites (tertiary alicyclic amines) is 1. The van der Waals surface area contributed by atoms with E-state index in [1.165, 1.54) is 12.0 Å². The van der Waals surface area contributed by atoms with E-state index < -0.39 is 10.0 Å². The molecule has 1 aliphatic heterocycles. The minimum Gasteiger partial charge on any atom is -0.450 e. The number of fused-ring (bicyclic) bond motifs is 1. The Balaban J connectivity index is 1.62. The number of aryl methyl sites for hydroxylation is 2. The maximum Gasteiger partial charge on any atom is 0.409 e. The molecule has 1 heterocycles. The van der Waals surface area contributed by atoms with E-state index in [0.717, 1.165) is 24.8 Å². The maximum atomic E-state index is 12.7. The third kappa shape index (κ3) is 4.33. The lowest BCUT2D eigenvalue weighted by molar-refractivity contribution is 0.0966. The first-order chi connectivity index (χ1) is 12.0. The molecule has 0 radical (unpaired) electrons. The molecule has 1 N–H and O–H groups in total. The maximum absolute atomic E-state index is 12.7. The first kappa shape index (κ1) is 18.2. The van der Waals surface area contributed by atoms with Gasteiger partial charge >= 0.3 is 6.09 Å². The van der Waals surface area contributed by atoms with E-state index in [0.29, 0.717) is 37.4 Å². The lowest BCUT2D eigenvalue weighted by Crippen LogP contribution is -2.46. The van der Waals surface area contributed by atoms with Gasteiger partial charge in [-0.2, -0.15) is 0 Å². The molecule has 1 aliphatic carbocycles. The van der Waals surface area contributed by atoms with Crippen molar-refractivity contribution in [1.29, 1.82) is 0 Å². The number of piperidine rings is 1. The number of hydrogen-bond acceptors (Lipinski definition) is 4. The summed E-state index contributed by atoms with van der Waals surface area (Å²) in [6.07, 6.45) is 5.17. The number of nitrogens with one attached hydrogen (secondary N) is 1. The number of carbonyl (C=O) groups is 1. The average Bonchev–Trinajstić information content (AvgIpc) is 2.62. The van der Waals surface area contributed by atoms with Crippen molar-refractivity contribution in [3.63, 3.8) is 0 Å². The van der Waals surface area contributed by atoms with Crippen molar-refractivity contribution in [2.45, 2.75) is 56.4 Å². The molecule has 0 spiro atoms. The first-order valence-electron chi connectivity index (χ1n) is 9.05. The summed E-state index contributed by atoms with van der Waals surface area (Å²) < 4.78 is 33.2. The normalized spacial score (nSPS) is 18.7. The van der Waals surface area contributed by atoms with Gasteiger partial charge in [0, 0.05) is 19.1 Å². The lowest BCUT2D eigenvalue weighted by Gasteiger charge is -2.31. The summed E-state index contributed by atoms with van der Waals surface area (Å²) in [5.41, 5.74) is 2.43. The molecule has 0 unspecified atom stereocenters. The Morgan fingerprint density at radius 1 is 1.20 bits per heavy atom. The molecule has 1 saturated heterocycles. The molecule has 7 heteroatoms. The Morgan fingerprint density at radius 2 is 1.88 bits per heavy atom. The highest BCUT2D eigenvalue weighted by atomic mass is 32.2. The molecule has 1 aromatic rings. The highest BCUT2D eigenvalue weighted by molar-refractivity contribution is 7.89. The summed E-state index contributed by atoms with van der Waals surface area (Å²) in [6.45, 7) is 3.15. The zero-order chi connectivity index (χ0) is 17.9. The van der Waals surface area contributed by atoms with Crippen LogP contribution in [0, 0.1) is 0 Å². The van der Waals surface area contributed by atoms with Gasteiger partial charge in [-0.3, -0.25) is 0 Å². The van der Waals surface area contributed by atoms with Crippen LogP contribution in [-0.4, -0.2) is 45.1 Å². The summed E-state index contributed by atoms with van der Waals surface area (Å²) in [5.74, 6) is 0. The van der Waals surface area contributed by atoms with Gasteiger partial charge in [0.15, 0.2) is 0 Å². The number of sulfonamides is 1. The van der Waals surface area contributed by atoms with Crippen LogP contribution in [0.3, 0.4) is 0 Å². The fraction of sp³-hybridized carbons (Fsp3) is 0.611. The first-order valence-corrected chi connectivity index (χ1v) is 10.5. The molecule has 1 aromatic carbocycles. The number of ether oxygens (including phenoxy) is 1. The summed E-state index contributed by atoms with van der Waals surface area (Å²) >= 11 is 0. The van der Waals surface area contributed by atoms with Gasteiger partial charge in [0.25, 0.3) is 0 Å². The van der Waals surface area contributed by atoms with Crippen molar-refractivity contribution in [1.82, 2.24) is 9.62 Å². The molecule has 0 saturated carbocycles. The Bertz CT molecular complexity index is 725. The van der Waals surface area contributed by atoms with E-state index in [2.05, 4.69) is 4.72 Å². The van der Waals surface area contributed by atoms with E-state index in [-0.39, 0.29) is 12.1 Å². The van der Waals surface area contributed by atoms with Crippen LogP contribution in [0.2, 0.25) is 0 Å². The fourth-order valence-electron chi connectivity index (χ4n) is 3.56. The highest BCUT2D eigenvalue weighted by Crippen LogP contribution is 2.24. The Morgan fingerprint density at radius 3 is 2.56 bits per heavy atom. The van der Waals surface area contributed by atoms with Crippen LogP contribution in [0.25, 0.3) is 0 Å². The predicted molar refractivity (Wildman–Crippen MR) is 95.0 cm³/mol. The smallest absolute Gasteiger partial charge is 0.409 e. The molecule has 25 heavy (non-hydrogen) atoms. The molecule has 138 valence electrons. The second-order valence-electron chi connectivity index (χ2n) is 6.72. The Labute approximate surface area is 149 Å². The summed E-state index contributed by atoms with van der Waals surface area (Å²) in [7, 11) is -3.53. The van der Waals surface area contributed by atoms with Crippen LogP contribution < -0.4 is 4.72 Å². The minimum atomic E-state index is -3.53. The van der Waals surface area contributed by atoms with Crippen LogP contribution >= 0.6 is 0 Å². The van der Waals surface area contributed by atoms with Crippen molar-refractivity contribution in [3.05, 3.63) is 29.3 Å². The second-order valence-corrected chi connectivity index (χ2v) is 8.43. The van der Waals surface area contributed by atoms with Gasteiger partial charge in [0.05, 0.1) is 11.5 Å². The van der Waals surface area contributed by atoms with E-state index in [1.807, 2.05) is 12.1 Å². The van der Waals surface area contributed by atoms with Crippen molar-refractivity contribution in [3.8, 4) is 0 Å². The zero-order valence-corrected chi connectivity index (χ0v) is 15.5. The third-order valence-electron chi connectivity index (χ3n) is 4.97. The van der Waals surface area contributed by atoms with Crippen molar-refractivity contribution in [2.75, 3.05) is 19.7 Å². The van der Waals surface area contributed by atoms with E-state index >= 15 is 0 Å². The van der Waals surface area contributed by atoms with Gasteiger partial charge < -0.3 is 9.64 Å². The molecular weight excluding hydrogens is 340 g/mol. The zero-order valence-electron chi connectivity index (χ0n) is 14.7. The van der Waals surface area contributed by atoms with Crippen molar-refractivity contribution < 1.29 is 17.9 Å². The van der Waals surface area contributed by atoms with Crippen molar-refractivity contribution in [2.24, 2.45) is 0 Å². The quantitative estimate of drug-likeness (QED) is 0.888. The SMILES string of the molecule is CCOC(=O)N1CCC(NS(=O)(=O)c2ccc3c(c2)CCCC3)CC1. The topological polar surface area (TPSA) is 75.7 Å². The van der Waals surface area contributed by atoms with Crippen LogP contribution in [0.4, 0.5) is 4.79 Å². The number of amides is 1. The highest BCUT2D eigenvalue weighted by Gasteiger charge is 2.27. The van der Waals surface area contributed by atoms with Gasteiger partial charge in [-0.05, 0) is 68.7 Å². The largest absolute Gasteiger partial charge is 0.450 e. The van der Waals surface area contributed by atoms with Gasteiger partial charge in [0.1, 0.15) is 0 Å². The van der Waals surface area contributed by atoms with Crippen molar-refractivity contribution >= 4 is 16.1 Å². The van der Waals surface area contributed by atoms with Gasteiger partial charge in [-0.25, -0.2) is 17.9 Å². The summed E-state index contributed by atoms with van der Waals surface area (Å²) in [5, 5.41) is 0. The van der Waals surface area contributed by atoms with Gasteiger partial charge in [-0.1, -0.05) is 6.07 Å². The van der Waals surface area contributed by atoms with Gasteiger partial charge in [0.2, 0.25) is 10.0 Å². The molecular formula is C18H26N2O4S. The molecule has 2 aliphatic rings. The van der Waals surface area contributed by atoms with Gasteiger partial charge in [-0.15, -0.1) is 0 Å². The molecule has 0 bridgehead atoms. The van der Waals surface area contributed by atoms with Crippen LogP contribution in [0.15, 0.2) is 23.1 Å². The molecule has 3 rings (SSSR count). The molecule has 6 nitrogen and oxygen atoms in total. The number of carbonyl (C=O) groups excluding carboxylic acids is 1. The predicted octanol–water partition coefficient (Wildman–Crippen LogP) is 2.46. The summed E-state index contributed by atoms with van der Waals surface area (Å²) in [6, 6.07) is 5.34. The molecule has 0 aromatic heterocycles.